The van der Waals surface area contributed by atoms with Gasteiger partial charge in [0.25, 0.3) is 0 Å². The van der Waals surface area contributed by atoms with Gasteiger partial charge in [0.15, 0.2) is 0 Å². The highest BCUT2D eigenvalue weighted by atomic mass is 15.2. The van der Waals surface area contributed by atoms with Crippen LogP contribution in [0.15, 0.2) is 24.8 Å². The van der Waals surface area contributed by atoms with Crippen LogP contribution in [0.25, 0.3) is 11.6 Å². The summed E-state index contributed by atoms with van der Waals surface area (Å²) in [7, 11) is 4.28. The van der Waals surface area contributed by atoms with Crippen LogP contribution in [0, 0.1) is 0 Å². The lowest BCUT2D eigenvalue weighted by Gasteiger charge is -2.03. The Kier molecular flexibility index (Phi) is 5.59. The van der Waals surface area contributed by atoms with Gasteiger partial charge in [-0.15, -0.1) is 0 Å². The van der Waals surface area contributed by atoms with Crippen molar-refractivity contribution in [3.63, 3.8) is 0 Å². The summed E-state index contributed by atoms with van der Waals surface area (Å²) in [6, 6.07) is 0. The second kappa shape index (κ2) is 7.43. The molecule has 0 aliphatic carbocycles. The number of aromatic nitrogens is 4. The molecule has 0 atom stereocenters. The molecule has 0 unspecified atom stereocenters. The highest BCUT2D eigenvalue weighted by molar-refractivity contribution is 5.36. The van der Waals surface area contributed by atoms with E-state index in [4.69, 9.17) is 0 Å². The SMILES string of the molecule is CCCCCn1cc[n+](C)c1-c1n(CCCC)cc[n+]1C. The van der Waals surface area contributed by atoms with Gasteiger partial charge in [-0.25, -0.2) is 18.3 Å². The number of rotatable bonds is 8. The van der Waals surface area contributed by atoms with Crippen molar-refractivity contribution in [2.45, 2.75) is 59.0 Å². The van der Waals surface area contributed by atoms with Gasteiger partial charge >= 0.3 is 11.6 Å². The monoisotopic (exact) mass is 290 g/mol. The molecule has 0 aliphatic heterocycles. The van der Waals surface area contributed by atoms with Crippen molar-refractivity contribution >= 4 is 0 Å². The number of hydrogen-bond acceptors (Lipinski definition) is 0. The van der Waals surface area contributed by atoms with Crippen LogP contribution in [0.2, 0.25) is 0 Å². The fourth-order valence-electron chi connectivity index (χ4n) is 2.84. The van der Waals surface area contributed by atoms with Crippen LogP contribution in [0.4, 0.5) is 0 Å². The third-order valence-electron chi connectivity index (χ3n) is 4.11. The molecule has 0 aromatic carbocycles. The molecule has 2 aromatic heterocycles. The van der Waals surface area contributed by atoms with Gasteiger partial charge in [0, 0.05) is 0 Å². The number of nitrogens with zero attached hydrogens (tertiary/aromatic N) is 4. The summed E-state index contributed by atoms with van der Waals surface area (Å²) >= 11 is 0. The lowest BCUT2D eigenvalue weighted by Crippen LogP contribution is -2.38. The van der Waals surface area contributed by atoms with E-state index >= 15 is 0 Å². The first kappa shape index (κ1) is 15.8. The molecule has 2 rings (SSSR count). The zero-order valence-corrected chi connectivity index (χ0v) is 14.0. The minimum atomic E-state index is 1.09. The van der Waals surface area contributed by atoms with E-state index in [1.807, 2.05) is 0 Å². The fourth-order valence-corrected chi connectivity index (χ4v) is 2.84. The van der Waals surface area contributed by atoms with Gasteiger partial charge in [-0.1, -0.05) is 26.7 Å². The molecule has 4 nitrogen and oxygen atoms in total. The van der Waals surface area contributed by atoms with E-state index in [1.165, 1.54) is 43.8 Å². The predicted octanol–water partition coefficient (Wildman–Crippen LogP) is 2.60. The Hall–Kier alpha value is -1.58. The number of unbranched alkanes of at least 4 members (excludes halogenated alkanes) is 3. The molecular formula is C17H30N4+2. The van der Waals surface area contributed by atoms with E-state index < -0.39 is 0 Å². The summed E-state index contributed by atoms with van der Waals surface area (Å²) in [6.45, 7) is 6.69. The van der Waals surface area contributed by atoms with Crippen LogP contribution in [0.5, 0.6) is 0 Å². The smallest absolute Gasteiger partial charge is 0.226 e. The maximum atomic E-state index is 2.40. The summed E-state index contributed by atoms with van der Waals surface area (Å²) in [5.74, 6) is 2.60. The molecule has 0 N–H and O–H groups in total. The van der Waals surface area contributed by atoms with Crippen molar-refractivity contribution in [2.24, 2.45) is 14.1 Å². The Morgan fingerprint density at radius 3 is 1.71 bits per heavy atom. The topological polar surface area (TPSA) is 17.6 Å². The third-order valence-corrected chi connectivity index (χ3v) is 4.11. The molecule has 0 spiro atoms. The molecule has 0 radical (unpaired) electrons. The summed E-state index contributed by atoms with van der Waals surface area (Å²) in [5, 5.41) is 0. The fraction of sp³-hybridized carbons (Fsp3) is 0.647. The van der Waals surface area contributed by atoms with E-state index in [0.717, 1.165) is 13.1 Å². The molecule has 0 amide bonds. The quantitative estimate of drug-likeness (QED) is 0.525. The number of hydrogen-bond donors (Lipinski definition) is 0. The molecule has 2 aromatic rings. The van der Waals surface area contributed by atoms with Gasteiger partial charge in [-0.3, -0.25) is 0 Å². The molecule has 21 heavy (non-hydrogen) atoms. The third kappa shape index (κ3) is 3.55. The van der Waals surface area contributed by atoms with Crippen LogP contribution < -0.4 is 9.13 Å². The normalized spacial score (nSPS) is 11.2. The van der Waals surface area contributed by atoms with E-state index in [1.54, 1.807) is 0 Å². The first-order chi connectivity index (χ1) is 10.2. The zero-order chi connectivity index (χ0) is 15.2. The molecular weight excluding hydrogens is 260 g/mol. The maximum Gasteiger partial charge on any atom is 0.373 e. The van der Waals surface area contributed by atoms with Gasteiger partial charge in [0.05, 0.1) is 27.2 Å². The molecule has 2 heterocycles. The maximum absolute atomic E-state index is 2.40. The molecule has 0 saturated heterocycles. The van der Waals surface area contributed by atoms with Gasteiger partial charge in [-0.05, 0) is 19.3 Å². The summed E-state index contributed by atoms with van der Waals surface area (Å²) in [6.07, 6.45) is 15.0. The molecule has 4 heteroatoms. The Balaban J connectivity index is 2.32. The number of imidazole rings is 2. The van der Waals surface area contributed by atoms with Gasteiger partial charge < -0.3 is 0 Å². The second-order valence-corrected chi connectivity index (χ2v) is 5.91. The average Bonchev–Trinajstić information content (AvgIpc) is 3.00. The van der Waals surface area contributed by atoms with Crippen molar-refractivity contribution in [2.75, 3.05) is 0 Å². The minimum absolute atomic E-state index is 1.09. The highest BCUT2D eigenvalue weighted by Gasteiger charge is 2.29. The molecule has 116 valence electrons. The van der Waals surface area contributed by atoms with Gasteiger partial charge in [-0.2, -0.15) is 0 Å². The molecule has 0 aliphatic rings. The lowest BCUT2D eigenvalue weighted by atomic mass is 10.2. The summed E-state index contributed by atoms with van der Waals surface area (Å²) in [5.41, 5.74) is 0. The summed E-state index contributed by atoms with van der Waals surface area (Å²) < 4.78 is 9.26. The van der Waals surface area contributed by atoms with Crippen molar-refractivity contribution in [3.05, 3.63) is 24.8 Å². The van der Waals surface area contributed by atoms with Gasteiger partial charge in [0.2, 0.25) is 0 Å². The number of aryl methyl sites for hydroxylation is 4. The van der Waals surface area contributed by atoms with Gasteiger partial charge in [0.1, 0.15) is 24.8 Å². The molecule has 0 bridgehead atoms. The minimum Gasteiger partial charge on any atom is -0.226 e. The highest BCUT2D eigenvalue weighted by Crippen LogP contribution is 2.14. The predicted molar refractivity (Wildman–Crippen MR) is 84.6 cm³/mol. The van der Waals surface area contributed by atoms with Crippen molar-refractivity contribution < 1.29 is 9.13 Å². The van der Waals surface area contributed by atoms with Crippen LogP contribution >= 0.6 is 0 Å². The van der Waals surface area contributed by atoms with Crippen LogP contribution in [0.3, 0.4) is 0 Å². The van der Waals surface area contributed by atoms with Crippen molar-refractivity contribution in [3.8, 4) is 11.6 Å². The van der Waals surface area contributed by atoms with Crippen LogP contribution in [-0.4, -0.2) is 9.13 Å². The summed E-state index contributed by atoms with van der Waals surface area (Å²) in [4.78, 5) is 0. The van der Waals surface area contributed by atoms with E-state index in [9.17, 15) is 0 Å². The van der Waals surface area contributed by atoms with E-state index in [0.29, 0.717) is 0 Å². The molecule has 0 fully saturated rings. The van der Waals surface area contributed by atoms with Crippen molar-refractivity contribution in [1.29, 1.82) is 0 Å². The lowest BCUT2D eigenvalue weighted by molar-refractivity contribution is -0.690. The zero-order valence-electron chi connectivity index (χ0n) is 14.0. The average molecular weight is 290 g/mol. The second-order valence-electron chi connectivity index (χ2n) is 5.91. The Bertz CT molecular complexity index is 565. The first-order valence-electron chi connectivity index (χ1n) is 8.28. The Morgan fingerprint density at radius 2 is 1.24 bits per heavy atom. The van der Waals surface area contributed by atoms with Crippen LogP contribution in [0.1, 0.15) is 46.0 Å². The Labute approximate surface area is 128 Å². The molecule has 0 saturated carbocycles. The van der Waals surface area contributed by atoms with E-state index in [2.05, 4.69) is 71.0 Å². The van der Waals surface area contributed by atoms with E-state index in [-0.39, 0.29) is 0 Å². The van der Waals surface area contributed by atoms with Crippen LogP contribution in [-0.2, 0) is 27.2 Å². The van der Waals surface area contributed by atoms with Crippen molar-refractivity contribution in [1.82, 2.24) is 9.13 Å². The standard InChI is InChI=1S/C17H30N4/c1-5-7-9-11-21-15-13-19(4)17(21)16-18(3)12-14-20(16)10-8-6-2/h12-15H,5-11H2,1-4H3/q+2. The Morgan fingerprint density at radius 1 is 0.762 bits per heavy atom. The largest absolute Gasteiger partial charge is 0.373 e. The first-order valence-corrected chi connectivity index (χ1v) is 8.28.